The van der Waals surface area contributed by atoms with Crippen LogP contribution in [0.1, 0.15) is 37.3 Å². The van der Waals surface area contributed by atoms with Crippen molar-refractivity contribution in [2.24, 2.45) is 0 Å². The van der Waals surface area contributed by atoms with E-state index in [-0.39, 0.29) is 11.6 Å². The van der Waals surface area contributed by atoms with Crippen LogP contribution in [0.15, 0.2) is 24.3 Å². The van der Waals surface area contributed by atoms with Crippen LogP contribution in [0.5, 0.6) is 0 Å². The van der Waals surface area contributed by atoms with E-state index in [9.17, 15) is 18.3 Å². The van der Waals surface area contributed by atoms with E-state index in [0.29, 0.717) is 19.0 Å². The summed E-state index contributed by atoms with van der Waals surface area (Å²) in [5, 5.41) is 10.8. The lowest BCUT2D eigenvalue weighted by Crippen LogP contribution is -2.34. The smallest absolute Gasteiger partial charge is 0.384 e. The van der Waals surface area contributed by atoms with Gasteiger partial charge in [-0.25, -0.2) is 0 Å². The van der Waals surface area contributed by atoms with Crippen LogP contribution in [0.2, 0.25) is 0 Å². The molecule has 2 aliphatic rings. The molecule has 1 N–H and O–H groups in total. The average Bonchev–Trinajstić information content (AvgIpc) is 3.15. The van der Waals surface area contributed by atoms with Crippen molar-refractivity contribution >= 4 is 0 Å². The number of hydrogen-bond donors (Lipinski definition) is 1. The molecule has 1 aromatic rings. The predicted molar refractivity (Wildman–Crippen MR) is 69.1 cm³/mol. The van der Waals surface area contributed by atoms with Crippen LogP contribution in [0, 0.1) is 0 Å². The third kappa shape index (κ3) is 2.33. The van der Waals surface area contributed by atoms with Gasteiger partial charge < -0.3 is 5.11 Å². The molecule has 110 valence electrons. The van der Waals surface area contributed by atoms with Crippen molar-refractivity contribution in [3.8, 4) is 0 Å². The van der Waals surface area contributed by atoms with E-state index in [0.717, 1.165) is 18.9 Å². The standard InChI is InChI=1S/C15H18F3NO/c1-10-8-14(20,9-19(10)11-6-7-11)12-4-2-3-5-13(12)15(16,17)18/h2-5,10-11,20H,6-9H2,1H3. The zero-order chi connectivity index (χ0) is 14.5. The highest BCUT2D eigenvalue weighted by molar-refractivity contribution is 5.36. The summed E-state index contributed by atoms with van der Waals surface area (Å²) in [6.45, 7) is 2.28. The van der Waals surface area contributed by atoms with E-state index in [2.05, 4.69) is 4.90 Å². The molecule has 0 amide bonds. The van der Waals surface area contributed by atoms with Crippen molar-refractivity contribution in [3.63, 3.8) is 0 Å². The van der Waals surface area contributed by atoms with Gasteiger partial charge in [-0.2, -0.15) is 13.2 Å². The molecule has 1 saturated carbocycles. The van der Waals surface area contributed by atoms with Gasteiger partial charge in [0.2, 0.25) is 0 Å². The van der Waals surface area contributed by atoms with Gasteiger partial charge in [0, 0.05) is 18.6 Å². The molecule has 1 aliphatic heterocycles. The van der Waals surface area contributed by atoms with Crippen molar-refractivity contribution in [2.45, 2.75) is 50.0 Å². The minimum atomic E-state index is -4.43. The number of rotatable bonds is 2. The Morgan fingerprint density at radius 2 is 1.90 bits per heavy atom. The van der Waals surface area contributed by atoms with Crippen molar-refractivity contribution in [1.82, 2.24) is 4.90 Å². The average molecular weight is 285 g/mol. The fourth-order valence-electron chi connectivity index (χ4n) is 3.35. The Bertz CT molecular complexity index is 512. The Morgan fingerprint density at radius 3 is 2.50 bits per heavy atom. The van der Waals surface area contributed by atoms with E-state index < -0.39 is 17.3 Å². The number of nitrogens with zero attached hydrogens (tertiary/aromatic N) is 1. The summed E-state index contributed by atoms with van der Waals surface area (Å²) < 4.78 is 39.3. The van der Waals surface area contributed by atoms with Gasteiger partial charge in [0.05, 0.1) is 5.56 Å². The largest absolute Gasteiger partial charge is 0.416 e. The molecule has 2 atom stereocenters. The number of alkyl halides is 3. The van der Waals surface area contributed by atoms with Crippen molar-refractivity contribution in [3.05, 3.63) is 35.4 Å². The second-order valence-electron chi connectivity index (χ2n) is 6.03. The van der Waals surface area contributed by atoms with Gasteiger partial charge in [0.1, 0.15) is 5.60 Å². The van der Waals surface area contributed by atoms with Crippen molar-refractivity contribution < 1.29 is 18.3 Å². The molecule has 3 rings (SSSR count). The quantitative estimate of drug-likeness (QED) is 0.902. The lowest BCUT2D eigenvalue weighted by molar-refractivity contribution is -0.140. The second-order valence-corrected chi connectivity index (χ2v) is 6.03. The summed E-state index contributed by atoms with van der Waals surface area (Å²) in [5.74, 6) is 0. The topological polar surface area (TPSA) is 23.5 Å². The highest BCUT2D eigenvalue weighted by atomic mass is 19.4. The van der Waals surface area contributed by atoms with Crippen molar-refractivity contribution in [1.29, 1.82) is 0 Å². The van der Waals surface area contributed by atoms with Gasteiger partial charge in [0.25, 0.3) is 0 Å². The molecule has 5 heteroatoms. The van der Waals surface area contributed by atoms with Crippen LogP contribution >= 0.6 is 0 Å². The first-order valence-electron chi connectivity index (χ1n) is 6.96. The monoisotopic (exact) mass is 285 g/mol. The van der Waals surface area contributed by atoms with Gasteiger partial charge >= 0.3 is 6.18 Å². The molecule has 0 bridgehead atoms. The molecule has 0 aromatic heterocycles. The number of β-amino-alcohol motifs (C(OH)–C–C–N with tert-alkyl or cyclic N) is 1. The summed E-state index contributed by atoms with van der Waals surface area (Å²) in [4.78, 5) is 2.15. The molecule has 0 radical (unpaired) electrons. The lowest BCUT2D eigenvalue weighted by atomic mass is 9.87. The summed E-state index contributed by atoms with van der Waals surface area (Å²) >= 11 is 0. The summed E-state index contributed by atoms with van der Waals surface area (Å²) in [6, 6.07) is 5.95. The minimum Gasteiger partial charge on any atom is -0.384 e. The molecular formula is C15H18F3NO. The predicted octanol–water partition coefficient (Wildman–Crippen LogP) is 3.15. The maximum atomic E-state index is 13.1. The highest BCUT2D eigenvalue weighted by Crippen LogP contribution is 2.45. The summed E-state index contributed by atoms with van der Waals surface area (Å²) in [7, 11) is 0. The van der Waals surface area contributed by atoms with Crippen LogP contribution in [-0.2, 0) is 11.8 Å². The Balaban J connectivity index is 1.96. The maximum Gasteiger partial charge on any atom is 0.416 e. The normalized spacial score (nSPS) is 31.8. The molecule has 2 fully saturated rings. The van der Waals surface area contributed by atoms with Gasteiger partial charge in [-0.15, -0.1) is 0 Å². The molecule has 1 saturated heterocycles. The van der Waals surface area contributed by atoms with Crippen LogP contribution in [0.4, 0.5) is 13.2 Å². The van der Waals surface area contributed by atoms with E-state index >= 15 is 0 Å². The molecule has 20 heavy (non-hydrogen) atoms. The van der Waals surface area contributed by atoms with E-state index in [1.54, 1.807) is 6.07 Å². The van der Waals surface area contributed by atoms with Crippen LogP contribution < -0.4 is 0 Å². The number of halogens is 3. The zero-order valence-electron chi connectivity index (χ0n) is 11.3. The van der Waals surface area contributed by atoms with Gasteiger partial charge in [-0.05, 0) is 37.8 Å². The first-order chi connectivity index (χ1) is 9.31. The van der Waals surface area contributed by atoms with Gasteiger partial charge in [-0.1, -0.05) is 18.2 Å². The van der Waals surface area contributed by atoms with Gasteiger partial charge in [0.15, 0.2) is 0 Å². The number of hydrogen-bond acceptors (Lipinski definition) is 2. The molecule has 1 heterocycles. The Labute approximate surface area is 116 Å². The fraction of sp³-hybridized carbons (Fsp3) is 0.600. The second kappa shape index (κ2) is 4.46. The van der Waals surface area contributed by atoms with E-state index in [1.165, 1.54) is 12.1 Å². The third-order valence-electron chi connectivity index (χ3n) is 4.39. The maximum absolute atomic E-state index is 13.1. The fourth-order valence-corrected chi connectivity index (χ4v) is 3.35. The molecule has 1 aliphatic carbocycles. The van der Waals surface area contributed by atoms with Gasteiger partial charge in [-0.3, -0.25) is 4.90 Å². The first kappa shape index (κ1) is 13.9. The summed E-state index contributed by atoms with van der Waals surface area (Å²) in [6.07, 6.45) is -1.90. The van der Waals surface area contributed by atoms with Crippen LogP contribution in [0.3, 0.4) is 0 Å². The Hall–Kier alpha value is -1.07. The Kier molecular flexibility index (Phi) is 3.10. The SMILES string of the molecule is CC1CC(O)(c2ccccc2C(F)(F)F)CN1C1CC1. The zero-order valence-corrected chi connectivity index (χ0v) is 11.3. The first-order valence-corrected chi connectivity index (χ1v) is 6.96. The molecule has 0 spiro atoms. The van der Waals surface area contributed by atoms with Crippen molar-refractivity contribution in [2.75, 3.05) is 6.54 Å². The molecular weight excluding hydrogens is 267 g/mol. The molecule has 2 nitrogen and oxygen atoms in total. The minimum absolute atomic E-state index is 0.0162. The number of likely N-dealkylation sites (tertiary alicyclic amines) is 1. The van der Waals surface area contributed by atoms with E-state index in [1.807, 2.05) is 6.92 Å². The Morgan fingerprint density at radius 1 is 1.25 bits per heavy atom. The van der Waals surface area contributed by atoms with Crippen LogP contribution in [-0.4, -0.2) is 28.6 Å². The summed E-state index contributed by atoms with van der Waals surface area (Å²) in [5.41, 5.74) is -2.09. The molecule has 2 unspecified atom stereocenters. The van der Waals surface area contributed by atoms with E-state index in [4.69, 9.17) is 0 Å². The number of benzene rings is 1. The van der Waals surface area contributed by atoms with Crippen LogP contribution in [0.25, 0.3) is 0 Å². The lowest BCUT2D eigenvalue weighted by Gasteiger charge is -2.27. The third-order valence-corrected chi connectivity index (χ3v) is 4.39. The molecule has 1 aromatic carbocycles. The highest BCUT2D eigenvalue weighted by Gasteiger charge is 2.49. The number of aliphatic hydroxyl groups is 1.